The predicted octanol–water partition coefficient (Wildman–Crippen LogP) is 2.61. The fourth-order valence-electron chi connectivity index (χ4n) is 3.78. The van der Waals surface area contributed by atoms with E-state index in [4.69, 9.17) is 10.7 Å². The van der Waals surface area contributed by atoms with Crippen molar-refractivity contribution in [1.82, 2.24) is 10.2 Å². The molecule has 2 aliphatic rings. The summed E-state index contributed by atoms with van der Waals surface area (Å²) in [6.45, 7) is 0.641. The second-order valence-corrected chi connectivity index (χ2v) is 7.97. The van der Waals surface area contributed by atoms with Crippen molar-refractivity contribution in [3.63, 3.8) is 0 Å². The molecular formula is C20H20N4O3S. The molecule has 0 aromatic heterocycles. The van der Waals surface area contributed by atoms with Gasteiger partial charge in [0.15, 0.2) is 5.17 Å². The Hall–Kier alpha value is -3.00. The van der Waals surface area contributed by atoms with Crippen LogP contribution in [0, 0.1) is 5.92 Å². The highest BCUT2D eigenvalue weighted by atomic mass is 32.2. The van der Waals surface area contributed by atoms with E-state index in [-0.39, 0.29) is 18.4 Å². The number of benzene rings is 2. The molecule has 2 aromatic carbocycles. The van der Waals surface area contributed by atoms with E-state index in [0.717, 1.165) is 5.56 Å². The number of hydrogen-bond acceptors (Lipinski definition) is 5. The second kappa shape index (κ2) is 7.20. The first-order valence-corrected chi connectivity index (χ1v) is 9.89. The van der Waals surface area contributed by atoms with Gasteiger partial charge >= 0.3 is 6.09 Å². The van der Waals surface area contributed by atoms with E-state index < -0.39 is 11.6 Å². The third-order valence-electron chi connectivity index (χ3n) is 5.18. The summed E-state index contributed by atoms with van der Waals surface area (Å²) >= 11 is 1.44. The molecule has 2 aromatic rings. The van der Waals surface area contributed by atoms with Crippen molar-refractivity contribution in [3.8, 4) is 0 Å². The van der Waals surface area contributed by atoms with Gasteiger partial charge in [-0.1, -0.05) is 42.1 Å². The largest absolute Gasteiger partial charge is 0.465 e. The fraction of sp³-hybridized carbons (Fsp3) is 0.250. The van der Waals surface area contributed by atoms with Crippen molar-refractivity contribution < 1.29 is 14.7 Å². The van der Waals surface area contributed by atoms with Gasteiger partial charge in [-0.2, -0.15) is 0 Å². The number of carbonyl (C=O) groups excluding carboxylic acids is 1. The summed E-state index contributed by atoms with van der Waals surface area (Å²) in [5.41, 5.74) is 7.24. The van der Waals surface area contributed by atoms with Gasteiger partial charge in [-0.15, -0.1) is 0 Å². The molecule has 0 spiro atoms. The number of carboxylic acid groups (broad SMARTS) is 1. The van der Waals surface area contributed by atoms with Crippen LogP contribution >= 0.6 is 11.8 Å². The maximum Gasteiger partial charge on any atom is 0.407 e. The number of anilines is 1. The topological polar surface area (TPSA) is 108 Å². The first-order chi connectivity index (χ1) is 13.5. The maximum atomic E-state index is 12.5. The van der Waals surface area contributed by atoms with E-state index >= 15 is 0 Å². The molecule has 0 radical (unpaired) electrons. The summed E-state index contributed by atoms with van der Waals surface area (Å²) in [5.74, 6) is 0.431. The van der Waals surface area contributed by atoms with Crippen LogP contribution < -0.4 is 11.1 Å². The van der Waals surface area contributed by atoms with Crippen LogP contribution in [0.3, 0.4) is 0 Å². The quantitative estimate of drug-likeness (QED) is 0.676. The molecule has 7 nitrogen and oxygen atoms in total. The number of likely N-dealkylation sites (tertiary alicyclic amines) is 1. The Kier molecular flexibility index (Phi) is 4.72. The lowest BCUT2D eigenvalue weighted by Crippen LogP contribution is -2.42. The Bertz CT molecular complexity index is 949. The zero-order valence-corrected chi connectivity index (χ0v) is 15.9. The lowest BCUT2D eigenvalue weighted by molar-refractivity contribution is 0.0977. The molecule has 144 valence electrons. The van der Waals surface area contributed by atoms with E-state index in [0.29, 0.717) is 28.7 Å². The molecule has 4 N–H and O–H groups in total. The number of nitrogens with one attached hydrogen (secondary N) is 1. The average molecular weight is 396 g/mol. The summed E-state index contributed by atoms with van der Waals surface area (Å²) in [4.78, 5) is 30.4. The van der Waals surface area contributed by atoms with Gasteiger partial charge in [0.25, 0.3) is 5.91 Å². The Labute approximate surface area is 166 Å². The molecule has 0 bridgehead atoms. The monoisotopic (exact) mass is 396 g/mol. The number of thioether (sulfide) groups is 1. The highest BCUT2D eigenvalue weighted by molar-refractivity contribution is 8.13. The molecule has 1 fully saturated rings. The SMILES string of the molecule is Nc1cccc([C@]23CN(C(=O)O)C[C@H]2CSC(NC(=O)c2ccccc2)=N3)c1. The van der Waals surface area contributed by atoms with Gasteiger partial charge in [0.05, 0.1) is 6.54 Å². The third-order valence-corrected chi connectivity index (χ3v) is 6.22. The van der Waals surface area contributed by atoms with Crippen molar-refractivity contribution in [2.75, 3.05) is 24.6 Å². The van der Waals surface area contributed by atoms with Crippen LogP contribution in [0.1, 0.15) is 15.9 Å². The molecule has 4 rings (SSSR count). The highest BCUT2D eigenvalue weighted by Crippen LogP contribution is 2.46. The third kappa shape index (κ3) is 3.31. The number of aliphatic imine (C=N–C) groups is 1. The van der Waals surface area contributed by atoms with Crippen molar-refractivity contribution >= 4 is 34.6 Å². The van der Waals surface area contributed by atoms with Gasteiger partial charge in [0, 0.05) is 29.5 Å². The number of nitrogens with zero attached hydrogens (tertiary/aromatic N) is 2. The lowest BCUT2D eigenvalue weighted by atomic mass is 9.81. The molecule has 0 unspecified atom stereocenters. The lowest BCUT2D eigenvalue weighted by Gasteiger charge is -2.35. The van der Waals surface area contributed by atoms with Crippen molar-refractivity contribution in [2.45, 2.75) is 5.54 Å². The van der Waals surface area contributed by atoms with E-state index in [2.05, 4.69) is 5.32 Å². The smallest absolute Gasteiger partial charge is 0.407 e. The first kappa shape index (κ1) is 18.4. The molecular weight excluding hydrogens is 376 g/mol. The molecule has 2 heterocycles. The van der Waals surface area contributed by atoms with Crippen LogP contribution in [0.5, 0.6) is 0 Å². The van der Waals surface area contributed by atoms with Crippen molar-refractivity contribution in [3.05, 3.63) is 65.7 Å². The number of rotatable bonds is 2. The molecule has 2 atom stereocenters. The minimum atomic E-state index is -0.965. The van der Waals surface area contributed by atoms with Crippen LogP contribution in [0.25, 0.3) is 0 Å². The summed E-state index contributed by atoms with van der Waals surface area (Å²) in [6.07, 6.45) is -0.965. The number of nitrogens with two attached hydrogens (primary N) is 1. The van der Waals surface area contributed by atoms with Crippen LogP contribution in [0.4, 0.5) is 10.5 Å². The van der Waals surface area contributed by atoms with Gasteiger partial charge in [-0.05, 0) is 29.8 Å². The number of amidine groups is 1. The first-order valence-electron chi connectivity index (χ1n) is 8.91. The van der Waals surface area contributed by atoms with E-state index in [1.807, 2.05) is 24.3 Å². The van der Waals surface area contributed by atoms with E-state index in [1.165, 1.54) is 16.7 Å². The summed E-state index contributed by atoms with van der Waals surface area (Å²) in [5, 5.41) is 12.9. The maximum absolute atomic E-state index is 12.5. The Morgan fingerprint density at radius 1 is 1.21 bits per heavy atom. The Morgan fingerprint density at radius 2 is 2.00 bits per heavy atom. The van der Waals surface area contributed by atoms with Crippen LogP contribution in [0.2, 0.25) is 0 Å². The van der Waals surface area contributed by atoms with Crippen LogP contribution in [-0.4, -0.2) is 46.0 Å². The van der Waals surface area contributed by atoms with Crippen molar-refractivity contribution in [1.29, 1.82) is 0 Å². The minimum Gasteiger partial charge on any atom is -0.465 e. The molecule has 0 aliphatic carbocycles. The summed E-state index contributed by atoms with van der Waals surface area (Å²) < 4.78 is 0. The Morgan fingerprint density at radius 3 is 2.71 bits per heavy atom. The molecule has 0 saturated carbocycles. The zero-order valence-electron chi connectivity index (χ0n) is 15.0. The predicted molar refractivity (Wildman–Crippen MR) is 109 cm³/mol. The van der Waals surface area contributed by atoms with Gasteiger partial charge in [-0.25, -0.2) is 9.79 Å². The van der Waals surface area contributed by atoms with Gasteiger partial charge in [0.2, 0.25) is 0 Å². The number of carbonyl (C=O) groups is 2. The van der Waals surface area contributed by atoms with E-state index in [9.17, 15) is 14.7 Å². The minimum absolute atomic E-state index is 0.00720. The van der Waals surface area contributed by atoms with Crippen molar-refractivity contribution in [2.24, 2.45) is 10.9 Å². The summed E-state index contributed by atoms with van der Waals surface area (Å²) in [6, 6.07) is 16.3. The zero-order chi connectivity index (χ0) is 19.7. The van der Waals surface area contributed by atoms with Gasteiger partial charge < -0.3 is 21.1 Å². The summed E-state index contributed by atoms with van der Waals surface area (Å²) in [7, 11) is 0. The normalized spacial score (nSPS) is 23.6. The number of fused-ring (bicyclic) bond motifs is 1. The second-order valence-electron chi connectivity index (χ2n) is 6.96. The standard InChI is InChI=1S/C20H20N4O3S/c21-16-8-4-7-14(9-16)20-12-24(19(26)27)10-15(20)11-28-18(23-20)22-17(25)13-5-2-1-3-6-13/h1-9,15H,10-12,21H2,(H,26,27)(H,22,23,25)/t15-,20+/m0/s1. The highest BCUT2D eigenvalue weighted by Gasteiger charge is 2.51. The number of nitrogen functional groups attached to an aromatic ring is 1. The number of hydrogen-bond donors (Lipinski definition) is 3. The molecule has 8 heteroatoms. The van der Waals surface area contributed by atoms with Gasteiger partial charge in [0.1, 0.15) is 5.54 Å². The molecule has 1 saturated heterocycles. The average Bonchev–Trinajstić information content (AvgIpc) is 3.09. The molecule has 28 heavy (non-hydrogen) atoms. The number of amides is 2. The van der Waals surface area contributed by atoms with Crippen LogP contribution in [-0.2, 0) is 5.54 Å². The van der Waals surface area contributed by atoms with Crippen LogP contribution in [0.15, 0.2) is 59.6 Å². The van der Waals surface area contributed by atoms with Gasteiger partial charge in [-0.3, -0.25) is 4.79 Å². The molecule has 2 amide bonds. The molecule has 2 aliphatic heterocycles. The Balaban J connectivity index is 1.70. The fourth-order valence-corrected chi connectivity index (χ4v) is 4.91. The van der Waals surface area contributed by atoms with E-state index in [1.54, 1.807) is 30.3 Å².